The molecule has 0 spiro atoms. The summed E-state index contributed by atoms with van der Waals surface area (Å²) in [5.74, 6) is -1.69. The van der Waals surface area contributed by atoms with Crippen molar-refractivity contribution >= 4 is 66.3 Å². The minimum Gasteiger partial charge on any atom is -0.480 e. The van der Waals surface area contributed by atoms with Crippen molar-refractivity contribution in [1.29, 1.82) is 0 Å². The lowest BCUT2D eigenvalue weighted by Gasteiger charge is -2.24. The number of imide groups is 1. The van der Waals surface area contributed by atoms with Crippen molar-refractivity contribution in [2.75, 3.05) is 6.54 Å². The maximum Gasteiger partial charge on any atom is 0.328 e. The molecule has 4 unspecified atom stereocenters. The van der Waals surface area contributed by atoms with Crippen molar-refractivity contribution < 1.29 is 19.5 Å². The second-order valence-electron chi connectivity index (χ2n) is 5.60. The predicted molar refractivity (Wildman–Crippen MR) is 106 cm³/mol. The molecule has 0 radical (unpaired) electrons. The van der Waals surface area contributed by atoms with Gasteiger partial charge in [0.1, 0.15) is 0 Å². The van der Waals surface area contributed by atoms with Crippen LogP contribution in [0.25, 0.3) is 0 Å². The molecule has 25 heavy (non-hydrogen) atoms. The van der Waals surface area contributed by atoms with Gasteiger partial charge in [0, 0.05) is 6.54 Å². The number of nitrogens with zero attached hydrogens (tertiary/aromatic N) is 2. The second kappa shape index (κ2) is 8.46. The molecule has 0 aliphatic carbocycles. The average Bonchev–Trinajstić information content (AvgIpc) is 2.86. The highest BCUT2D eigenvalue weighted by Gasteiger charge is 2.46. The van der Waals surface area contributed by atoms with Crippen molar-refractivity contribution in [2.45, 2.75) is 25.2 Å². The van der Waals surface area contributed by atoms with Crippen LogP contribution < -0.4 is 0 Å². The number of aliphatic carboxylic acids is 1. The van der Waals surface area contributed by atoms with Gasteiger partial charge in [-0.1, -0.05) is 36.6 Å². The largest absolute Gasteiger partial charge is 0.480 e. The Hall–Kier alpha value is -0.500. The van der Waals surface area contributed by atoms with Crippen molar-refractivity contribution in [2.24, 2.45) is 0 Å². The fraction of sp³-hybridized carbons (Fsp3) is 0.357. The van der Waals surface area contributed by atoms with E-state index in [1.807, 2.05) is 0 Å². The molecule has 136 valence electrons. The number of halogens is 2. The number of carboxylic acid groups (broad SMARTS) is 1. The standard InChI is InChI=1S/C14H17Cl2N2O4P3/c1-7(25(23)24)12(19)18-11(13(20)21)6-17(14(18)22)5-8-2-3-9(15)10(16)4-8/h2-4,7,11H,5-6,23-24H2,1H3,(H,20,21). The Kier molecular flexibility index (Phi) is 7.04. The quantitative estimate of drug-likeness (QED) is 0.708. The first-order chi connectivity index (χ1) is 11.6. The molecule has 11 heteroatoms. The van der Waals surface area contributed by atoms with Gasteiger partial charge in [0.2, 0.25) is 5.91 Å². The third-order valence-electron chi connectivity index (χ3n) is 3.87. The van der Waals surface area contributed by atoms with Crippen molar-refractivity contribution in [3.8, 4) is 0 Å². The molecule has 1 N–H and O–H groups in total. The maximum absolute atomic E-state index is 12.6. The van der Waals surface area contributed by atoms with E-state index >= 15 is 0 Å². The van der Waals surface area contributed by atoms with Crippen LogP contribution in [0.15, 0.2) is 18.2 Å². The zero-order valence-corrected chi connectivity index (χ0v) is 17.9. The molecule has 1 heterocycles. The van der Waals surface area contributed by atoms with Gasteiger partial charge in [-0.2, -0.15) is 0 Å². The molecule has 2 rings (SSSR count). The van der Waals surface area contributed by atoms with Gasteiger partial charge in [0.05, 0.1) is 22.2 Å². The molecule has 4 atom stereocenters. The van der Waals surface area contributed by atoms with E-state index in [0.717, 1.165) is 4.90 Å². The van der Waals surface area contributed by atoms with Crippen LogP contribution in [-0.2, 0) is 16.1 Å². The van der Waals surface area contributed by atoms with E-state index in [4.69, 9.17) is 23.2 Å². The molecule has 1 saturated heterocycles. The summed E-state index contributed by atoms with van der Waals surface area (Å²) in [6.45, 7) is 1.76. The predicted octanol–water partition coefficient (Wildman–Crippen LogP) is 3.66. The van der Waals surface area contributed by atoms with Crippen LogP contribution in [-0.4, -0.2) is 51.1 Å². The minimum absolute atomic E-state index is 0.0709. The third-order valence-corrected chi connectivity index (χ3v) is 8.40. The van der Waals surface area contributed by atoms with Gasteiger partial charge in [0.15, 0.2) is 6.04 Å². The van der Waals surface area contributed by atoms with E-state index < -0.39 is 36.9 Å². The number of hydrogen-bond donors (Lipinski definition) is 1. The summed E-state index contributed by atoms with van der Waals surface area (Å²) < 4.78 is 0. The molecule has 1 aliphatic heterocycles. The molecular weight excluding hydrogens is 424 g/mol. The van der Waals surface area contributed by atoms with E-state index in [-0.39, 0.29) is 13.1 Å². The van der Waals surface area contributed by atoms with Crippen LogP contribution in [0.3, 0.4) is 0 Å². The molecule has 0 aromatic heterocycles. The number of carboxylic acids is 1. The lowest BCUT2D eigenvalue weighted by atomic mass is 10.2. The first-order valence-corrected chi connectivity index (χ1v) is 12.6. The Balaban J connectivity index is 2.24. The highest BCUT2D eigenvalue weighted by atomic mass is 35.5. The minimum atomic E-state index is -1.21. The van der Waals surface area contributed by atoms with Gasteiger partial charge < -0.3 is 10.0 Å². The van der Waals surface area contributed by atoms with Gasteiger partial charge in [0.25, 0.3) is 0 Å². The number of rotatable bonds is 5. The monoisotopic (exact) mass is 440 g/mol. The normalized spacial score (nSPS) is 18.8. The Morgan fingerprint density at radius 2 is 2.00 bits per heavy atom. The third kappa shape index (κ3) is 4.62. The number of carbonyl (C=O) groups excluding carboxylic acids is 2. The second-order valence-corrected chi connectivity index (χ2v) is 13.4. The van der Waals surface area contributed by atoms with Crippen LogP contribution in [0, 0.1) is 0 Å². The molecule has 1 aliphatic rings. The Morgan fingerprint density at radius 3 is 2.52 bits per heavy atom. The van der Waals surface area contributed by atoms with E-state index in [1.165, 1.54) is 4.90 Å². The Morgan fingerprint density at radius 1 is 1.36 bits per heavy atom. The highest BCUT2D eigenvalue weighted by molar-refractivity contribution is 8.43. The molecule has 6 nitrogen and oxygen atoms in total. The molecule has 1 fully saturated rings. The SMILES string of the molecule is CC(C(=O)N1C(=O)N(Cc2ccc(Cl)c(Cl)c2)CC1C(=O)O)P(P)P. The van der Waals surface area contributed by atoms with E-state index in [0.29, 0.717) is 15.6 Å². The summed E-state index contributed by atoms with van der Waals surface area (Å²) in [4.78, 5) is 38.9. The van der Waals surface area contributed by atoms with Crippen molar-refractivity contribution in [3.05, 3.63) is 33.8 Å². The number of benzene rings is 1. The summed E-state index contributed by atoms with van der Waals surface area (Å²) >= 11 is 11.8. The fourth-order valence-electron chi connectivity index (χ4n) is 2.41. The van der Waals surface area contributed by atoms with Gasteiger partial charge >= 0.3 is 12.0 Å². The number of amides is 3. The lowest BCUT2D eigenvalue weighted by molar-refractivity contribution is -0.145. The molecule has 1 aromatic rings. The summed E-state index contributed by atoms with van der Waals surface area (Å²) in [6.07, 6.45) is 0. The van der Waals surface area contributed by atoms with E-state index in [2.05, 4.69) is 17.9 Å². The summed E-state index contributed by atoms with van der Waals surface area (Å²) in [5, 5.41) is 10.2. The number of carbonyl (C=O) groups is 3. The molecular formula is C14H17Cl2N2O4P3. The Labute approximate surface area is 161 Å². The van der Waals surface area contributed by atoms with Crippen LogP contribution in [0.5, 0.6) is 0 Å². The van der Waals surface area contributed by atoms with Crippen LogP contribution in [0.2, 0.25) is 10.0 Å². The van der Waals surface area contributed by atoms with Crippen LogP contribution in [0.1, 0.15) is 12.5 Å². The topological polar surface area (TPSA) is 77.9 Å². The van der Waals surface area contributed by atoms with Crippen LogP contribution in [0.4, 0.5) is 4.79 Å². The first-order valence-electron chi connectivity index (χ1n) is 7.20. The zero-order valence-electron chi connectivity index (χ0n) is 13.2. The van der Waals surface area contributed by atoms with Crippen molar-refractivity contribution in [1.82, 2.24) is 9.80 Å². The highest BCUT2D eigenvalue weighted by Crippen LogP contribution is 2.57. The molecule has 0 bridgehead atoms. The Bertz CT molecular complexity index is 719. The fourth-order valence-corrected chi connectivity index (χ4v) is 3.88. The average molecular weight is 441 g/mol. The molecule has 1 aromatic carbocycles. The number of urea groups is 1. The van der Waals surface area contributed by atoms with Gasteiger partial charge in [-0.15, -0.1) is 17.9 Å². The van der Waals surface area contributed by atoms with Crippen molar-refractivity contribution in [3.63, 3.8) is 0 Å². The summed E-state index contributed by atoms with van der Waals surface area (Å²) in [5.41, 5.74) is 0.245. The molecule has 3 amide bonds. The van der Waals surface area contributed by atoms with Crippen LogP contribution >= 0.6 is 48.4 Å². The van der Waals surface area contributed by atoms with E-state index in [9.17, 15) is 19.5 Å². The van der Waals surface area contributed by atoms with Gasteiger partial charge in [-0.05, 0) is 24.6 Å². The van der Waals surface area contributed by atoms with Gasteiger partial charge in [-0.25, -0.2) is 14.5 Å². The zero-order chi connectivity index (χ0) is 18.9. The van der Waals surface area contributed by atoms with Gasteiger partial charge in [-0.3, -0.25) is 4.79 Å². The van der Waals surface area contributed by atoms with E-state index in [1.54, 1.807) is 25.1 Å². The number of hydrogen-bond acceptors (Lipinski definition) is 3. The smallest absolute Gasteiger partial charge is 0.328 e. The first kappa shape index (κ1) is 20.8. The summed E-state index contributed by atoms with van der Waals surface area (Å²) in [6, 6.07) is 3.12. The molecule has 0 saturated carbocycles. The maximum atomic E-state index is 12.6. The lowest BCUT2D eigenvalue weighted by Crippen LogP contribution is -2.46. The summed E-state index contributed by atoms with van der Waals surface area (Å²) in [7, 11) is 4.25.